The molecule has 0 aliphatic carbocycles. The highest BCUT2D eigenvalue weighted by atomic mass is 32.2. The lowest BCUT2D eigenvalue weighted by atomic mass is 10.1. The first-order valence-electron chi connectivity index (χ1n) is 8.75. The second-order valence-corrected chi connectivity index (χ2v) is 7.26. The number of rotatable bonds is 7. The number of aryl methyl sites for hydroxylation is 1. The molecule has 0 unspecified atom stereocenters. The summed E-state index contributed by atoms with van der Waals surface area (Å²) in [6.45, 7) is 0.288. The summed E-state index contributed by atoms with van der Waals surface area (Å²) < 4.78 is 4.95. The number of carbonyl (C=O) groups excluding carboxylic acids is 2. The third-order valence-corrected chi connectivity index (χ3v) is 5.26. The van der Waals surface area contributed by atoms with Crippen LogP contribution in [0.4, 0.5) is 10.5 Å². The Morgan fingerprint density at radius 2 is 1.97 bits per heavy atom. The van der Waals surface area contributed by atoms with Crippen LogP contribution in [0.1, 0.15) is 17.5 Å². The molecule has 3 rings (SSSR count). The molecule has 0 spiro atoms. The van der Waals surface area contributed by atoms with E-state index < -0.39 is 22.3 Å². The summed E-state index contributed by atoms with van der Waals surface area (Å²) in [5.41, 5.74) is 0.859. The number of carbonyl (C=O) groups is 2. The van der Waals surface area contributed by atoms with Gasteiger partial charge >= 0.3 is 5.69 Å². The van der Waals surface area contributed by atoms with E-state index in [0.717, 1.165) is 29.8 Å². The summed E-state index contributed by atoms with van der Waals surface area (Å²) in [5, 5.41) is 20.6. The number of nitro benzene ring substituents is 1. The minimum absolute atomic E-state index is 0.0902. The Balaban J connectivity index is 1.76. The van der Waals surface area contributed by atoms with E-state index in [1.165, 1.54) is 24.2 Å². The van der Waals surface area contributed by atoms with Gasteiger partial charge in [-0.25, -0.2) is 0 Å². The Morgan fingerprint density at radius 3 is 2.62 bits per heavy atom. The summed E-state index contributed by atoms with van der Waals surface area (Å²) in [7, 11) is 1.27. The highest BCUT2D eigenvalue weighted by molar-refractivity contribution is 8.18. The number of imide groups is 1. The molecule has 1 fully saturated rings. The molecule has 0 aromatic heterocycles. The molecule has 2 amide bonds. The van der Waals surface area contributed by atoms with Crippen LogP contribution in [0.25, 0.3) is 6.08 Å². The second-order valence-electron chi connectivity index (χ2n) is 6.27. The number of ether oxygens (including phenoxy) is 1. The number of phenols is 1. The van der Waals surface area contributed by atoms with Gasteiger partial charge in [-0.3, -0.25) is 24.6 Å². The summed E-state index contributed by atoms with van der Waals surface area (Å²) >= 11 is 0.780. The molecule has 0 saturated carbocycles. The van der Waals surface area contributed by atoms with E-state index >= 15 is 0 Å². The van der Waals surface area contributed by atoms with E-state index in [-0.39, 0.29) is 28.0 Å². The number of hydrogen-bond acceptors (Lipinski definition) is 7. The molecule has 2 aromatic rings. The summed E-state index contributed by atoms with van der Waals surface area (Å²) in [6, 6.07) is 12.3. The molecule has 29 heavy (non-hydrogen) atoms. The van der Waals surface area contributed by atoms with Crippen molar-refractivity contribution in [3.8, 4) is 11.5 Å². The molecule has 1 aliphatic heterocycles. The third kappa shape index (κ3) is 4.57. The molecule has 1 saturated heterocycles. The van der Waals surface area contributed by atoms with Crippen molar-refractivity contribution in [3.05, 3.63) is 68.6 Å². The molecular weight excluding hydrogens is 396 g/mol. The van der Waals surface area contributed by atoms with Gasteiger partial charge in [0.15, 0.2) is 5.75 Å². The number of hydrogen-bond donors (Lipinski definition) is 1. The predicted molar refractivity (Wildman–Crippen MR) is 109 cm³/mol. The summed E-state index contributed by atoms with van der Waals surface area (Å²) in [6.07, 6.45) is 2.76. The minimum atomic E-state index is -0.746. The van der Waals surface area contributed by atoms with E-state index in [4.69, 9.17) is 4.74 Å². The first-order valence-corrected chi connectivity index (χ1v) is 9.57. The summed E-state index contributed by atoms with van der Waals surface area (Å²) in [5.74, 6) is -1.13. The van der Waals surface area contributed by atoms with Gasteiger partial charge in [0.25, 0.3) is 11.1 Å². The lowest BCUT2D eigenvalue weighted by Gasteiger charge is -2.12. The fraction of sp³-hybridized carbons (Fsp3) is 0.200. The topological polar surface area (TPSA) is 110 Å². The number of nitrogens with zero attached hydrogens (tertiary/aromatic N) is 2. The molecular formula is C20H18N2O6S. The quantitative estimate of drug-likeness (QED) is 0.414. The van der Waals surface area contributed by atoms with Crippen LogP contribution < -0.4 is 4.74 Å². The molecule has 0 atom stereocenters. The standard InChI is InChI=1S/C20H18N2O6S/c1-28-16-11-14(10-15(18(16)23)22(26)27)12-17-19(24)21(20(25)29-17)9-5-8-13-6-3-2-4-7-13/h2-4,6-7,10-12,23H,5,8-9H2,1H3/b17-12-. The number of benzene rings is 2. The maximum atomic E-state index is 12.6. The molecule has 1 N–H and O–H groups in total. The zero-order chi connectivity index (χ0) is 21.0. The Morgan fingerprint density at radius 1 is 1.24 bits per heavy atom. The van der Waals surface area contributed by atoms with Gasteiger partial charge in [0.2, 0.25) is 5.75 Å². The van der Waals surface area contributed by atoms with Crippen molar-refractivity contribution in [1.29, 1.82) is 0 Å². The van der Waals surface area contributed by atoms with Gasteiger partial charge in [0.1, 0.15) is 0 Å². The number of methoxy groups -OCH3 is 1. The zero-order valence-electron chi connectivity index (χ0n) is 15.5. The maximum Gasteiger partial charge on any atom is 0.315 e. The second kappa shape index (κ2) is 8.78. The number of thioether (sulfide) groups is 1. The van der Waals surface area contributed by atoms with Crippen molar-refractivity contribution in [1.82, 2.24) is 4.90 Å². The normalized spacial score (nSPS) is 15.2. The van der Waals surface area contributed by atoms with Crippen LogP contribution in [0.2, 0.25) is 0 Å². The Labute approximate surface area is 170 Å². The Bertz CT molecular complexity index is 990. The highest BCUT2D eigenvalue weighted by Crippen LogP contribution is 2.39. The molecule has 1 aliphatic rings. The number of phenolic OH excluding ortho intramolecular Hbond substituents is 1. The number of nitro groups is 1. The van der Waals surface area contributed by atoms with Gasteiger partial charge in [-0.05, 0) is 47.9 Å². The SMILES string of the molecule is COc1cc(/C=C2\SC(=O)N(CCCc3ccccc3)C2=O)cc([N+](=O)[O-])c1O. The molecule has 1 heterocycles. The van der Waals surface area contributed by atoms with E-state index in [0.29, 0.717) is 6.42 Å². The average Bonchev–Trinajstić information content (AvgIpc) is 2.97. The van der Waals surface area contributed by atoms with Crippen LogP contribution in [0.15, 0.2) is 47.4 Å². The minimum Gasteiger partial charge on any atom is -0.500 e. The fourth-order valence-corrected chi connectivity index (χ4v) is 3.79. The molecule has 0 bridgehead atoms. The zero-order valence-corrected chi connectivity index (χ0v) is 16.3. The van der Waals surface area contributed by atoms with Gasteiger partial charge in [-0.15, -0.1) is 0 Å². The van der Waals surface area contributed by atoms with Crippen LogP contribution in [-0.4, -0.2) is 39.7 Å². The number of amides is 2. The largest absolute Gasteiger partial charge is 0.500 e. The average molecular weight is 414 g/mol. The molecule has 0 radical (unpaired) electrons. The molecule has 150 valence electrons. The van der Waals surface area contributed by atoms with Crippen LogP contribution in [0.3, 0.4) is 0 Å². The maximum absolute atomic E-state index is 12.6. The van der Waals surface area contributed by atoms with Gasteiger partial charge in [-0.2, -0.15) is 0 Å². The molecule has 2 aromatic carbocycles. The number of aromatic hydroxyl groups is 1. The summed E-state index contributed by atoms with van der Waals surface area (Å²) in [4.78, 5) is 36.5. The smallest absolute Gasteiger partial charge is 0.315 e. The highest BCUT2D eigenvalue weighted by Gasteiger charge is 2.34. The fourth-order valence-electron chi connectivity index (χ4n) is 2.92. The van der Waals surface area contributed by atoms with Crippen LogP contribution in [-0.2, 0) is 11.2 Å². The van der Waals surface area contributed by atoms with E-state index in [1.807, 2.05) is 30.3 Å². The molecule has 9 heteroatoms. The van der Waals surface area contributed by atoms with Gasteiger partial charge in [0.05, 0.1) is 16.9 Å². The van der Waals surface area contributed by atoms with E-state index in [1.54, 1.807) is 0 Å². The van der Waals surface area contributed by atoms with E-state index in [9.17, 15) is 24.8 Å². The van der Waals surface area contributed by atoms with Gasteiger partial charge in [0, 0.05) is 12.6 Å². The van der Waals surface area contributed by atoms with Crippen LogP contribution >= 0.6 is 11.8 Å². The first-order chi connectivity index (χ1) is 13.9. The van der Waals surface area contributed by atoms with Gasteiger partial charge < -0.3 is 9.84 Å². The first kappa shape index (κ1) is 20.4. The van der Waals surface area contributed by atoms with Crippen molar-refractivity contribution in [2.75, 3.05) is 13.7 Å². The van der Waals surface area contributed by atoms with Gasteiger partial charge in [-0.1, -0.05) is 30.3 Å². The van der Waals surface area contributed by atoms with E-state index in [2.05, 4.69) is 0 Å². The van der Waals surface area contributed by atoms with Crippen molar-refractivity contribution in [2.24, 2.45) is 0 Å². The van der Waals surface area contributed by atoms with Crippen molar-refractivity contribution in [2.45, 2.75) is 12.8 Å². The Kier molecular flexibility index (Phi) is 6.18. The molecule has 8 nitrogen and oxygen atoms in total. The van der Waals surface area contributed by atoms with Crippen molar-refractivity contribution < 1.29 is 24.4 Å². The van der Waals surface area contributed by atoms with Crippen molar-refractivity contribution >= 4 is 34.7 Å². The van der Waals surface area contributed by atoms with Crippen LogP contribution in [0, 0.1) is 10.1 Å². The third-order valence-electron chi connectivity index (χ3n) is 4.36. The predicted octanol–water partition coefficient (Wildman–Crippen LogP) is 3.98. The lowest BCUT2D eigenvalue weighted by molar-refractivity contribution is -0.386. The van der Waals surface area contributed by atoms with Crippen LogP contribution in [0.5, 0.6) is 11.5 Å². The monoisotopic (exact) mass is 414 g/mol. The van der Waals surface area contributed by atoms with Crippen molar-refractivity contribution in [3.63, 3.8) is 0 Å². The lowest BCUT2D eigenvalue weighted by Crippen LogP contribution is -2.29. The Hall–Kier alpha value is -3.33.